The van der Waals surface area contributed by atoms with E-state index in [1.807, 2.05) is 78.9 Å². The number of benzene rings is 3. The van der Waals surface area contributed by atoms with Crippen molar-refractivity contribution >= 4 is 46.4 Å². The minimum absolute atomic E-state index is 0.0613. The van der Waals surface area contributed by atoms with Gasteiger partial charge in [-0.2, -0.15) is 0 Å². The Hall–Kier alpha value is -5.04. The Morgan fingerprint density at radius 2 is 1.13 bits per heavy atom. The molecule has 0 radical (unpaired) electrons. The fraction of sp³-hybridized carbons (Fsp3) is 0.429. The highest BCUT2D eigenvalue weighted by molar-refractivity contribution is 6.24. The van der Waals surface area contributed by atoms with Crippen molar-refractivity contribution in [2.45, 2.75) is 18.8 Å². The second-order valence-corrected chi connectivity index (χ2v) is 14.9. The first-order chi connectivity index (χ1) is 26.4. The molecule has 6 aliphatic rings. The van der Waals surface area contributed by atoms with Crippen LogP contribution in [0.5, 0.6) is 5.75 Å². The van der Waals surface area contributed by atoms with Crippen LogP contribution in [0, 0.1) is 29.6 Å². The summed E-state index contributed by atoms with van der Waals surface area (Å²) in [6, 6.07) is 22.5. The third kappa shape index (κ3) is 5.78. The summed E-state index contributed by atoms with van der Waals surface area (Å²) in [6.45, 7) is 5.54. The number of allylic oxidation sites excluding steroid dienone is 2. The maximum atomic E-state index is 14.7. The molecule has 0 spiro atoms. The molecule has 4 amide bonds. The summed E-state index contributed by atoms with van der Waals surface area (Å²) in [7, 11) is 0. The zero-order chi connectivity index (χ0) is 36.9. The zero-order valence-corrected chi connectivity index (χ0v) is 30.0. The van der Waals surface area contributed by atoms with E-state index >= 15 is 0 Å². The molecule has 5 fully saturated rings. The van der Waals surface area contributed by atoms with Crippen LogP contribution >= 0.6 is 0 Å². The molecule has 6 unspecified atom stereocenters. The molecular weight excluding hydrogens is 688 g/mol. The highest BCUT2D eigenvalue weighted by Gasteiger charge is 2.62. The largest absolute Gasteiger partial charge is 0.491 e. The molecule has 12 heteroatoms. The van der Waals surface area contributed by atoms with E-state index in [0.29, 0.717) is 50.0 Å². The second kappa shape index (κ2) is 14.3. The standard InChI is InChI=1S/C42H44N4O8/c47-19-24-54-35-4-2-1-3-31(35)36-30-13-14-32-37(41(50)45(39(32)48)28-9-5-26(6-10-28)43-15-20-52-21-16-43)33(30)25-34-38(36)42(51)46(40(34)49)29-11-7-27(8-12-29)44-17-22-53-23-18-44/h1-13,32-34,36-38,47H,14-25H2. The van der Waals surface area contributed by atoms with Gasteiger partial charge in [-0.05, 0) is 73.4 Å². The van der Waals surface area contributed by atoms with Gasteiger partial charge in [0.1, 0.15) is 12.4 Å². The van der Waals surface area contributed by atoms with Crippen molar-refractivity contribution in [1.29, 1.82) is 0 Å². The summed E-state index contributed by atoms with van der Waals surface area (Å²) in [5.41, 5.74) is 4.68. The van der Waals surface area contributed by atoms with Gasteiger partial charge in [0.05, 0.1) is 68.1 Å². The molecule has 4 aliphatic heterocycles. The van der Waals surface area contributed by atoms with E-state index in [-0.39, 0.29) is 43.3 Å². The quantitative estimate of drug-likeness (QED) is 0.270. The number of hydrogen-bond acceptors (Lipinski definition) is 10. The van der Waals surface area contributed by atoms with E-state index in [9.17, 15) is 24.3 Å². The van der Waals surface area contributed by atoms with E-state index in [0.717, 1.165) is 48.7 Å². The van der Waals surface area contributed by atoms with Gasteiger partial charge in [-0.1, -0.05) is 29.8 Å². The van der Waals surface area contributed by atoms with Gasteiger partial charge in [0.2, 0.25) is 23.6 Å². The average Bonchev–Trinajstić information content (AvgIpc) is 3.63. The summed E-state index contributed by atoms with van der Waals surface area (Å²) < 4.78 is 17.0. The number of hydrogen-bond donors (Lipinski definition) is 1. The number of nitrogens with zero attached hydrogens (tertiary/aromatic N) is 4. The van der Waals surface area contributed by atoms with Gasteiger partial charge in [0, 0.05) is 49.0 Å². The molecular formula is C42H44N4O8. The number of aliphatic hydroxyl groups is 1. The second-order valence-electron chi connectivity index (χ2n) is 14.9. The Kier molecular flexibility index (Phi) is 9.20. The fourth-order valence-corrected chi connectivity index (χ4v) is 9.74. The van der Waals surface area contributed by atoms with Crippen molar-refractivity contribution < 1.29 is 38.5 Å². The van der Waals surface area contributed by atoms with Crippen LogP contribution in [-0.4, -0.2) is 94.6 Å². The Morgan fingerprint density at radius 3 is 1.70 bits per heavy atom. The highest BCUT2D eigenvalue weighted by Crippen LogP contribution is 2.59. The number of carbonyl (C=O) groups excluding carboxylic acids is 4. The van der Waals surface area contributed by atoms with Crippen LogP contribution in [0.3, 0.4) is 0 Å². The van der Waals surface area contributed by atoms with E-state index in [1.54, 1.807) is 0 Å². The molecule has 3 aromatic rings. The highest BCUT2D eigenvalue weighted by atomic mass is 16.5. The van der Waals surface area contributed by atoms with Crippen LogP contribution in [0.25, 0.3) is 0 Å². The smallest absolute Gasteiger partial charge is 0.238 e. The van der Waals surface area contributed by atoms with Crippen LogP contribution in [0.1, 0.15) is 24.3 Å². The minimum atomic E-state index is -0.731. The van der Waals surface area contributed by atoms with Gasteiger partial charge in [0.25, 0.3) is 0 Å². The van der Waals surface area contributed by atoms with Crippen molar-refractivity contribution in [2.75, 3.05) is 85.4 Å². The normalized spacial score (nSPS) is 28.2. The van der Waals surface area contributed by atoms with Crippen molar-refractivity contribution in [3.63, 3.8) is 0 Å². The molecule has 1 N–H and O–H groups in total. The van der Waals surface area contributed by atoms with Gasteiger partial charge in [-0.25, -0.2) is 0 Å². The summed E-state index contributed by atoms with van der Waals surface area (Å²) >= 11 is 0. The van der Waals surface area contributed by atoms with Gasteiger partial charge in [-0.15, -0.1) is 0 Å². The molecule has 0 aromatic heterocycles. The molecule has 6 atom stereocenters. The summed E-state index contributed by atoms with van der Waals surface area (Å²) in [5.74, 6) is -4.26. The fourth-order valence-electron chi connectivity index (χ4n) is 9.74. The van der Waals surface area contributed by atoms with Gasteiger partial charge < -0.3 is 29.1 Å². The van der Waals surface area contributed by atoms with Crippen LogP contribution in [0.15, 0.2) is 84.4 Å². The summed E-state index contributed by atoms with van der Waals surface area (Å²) in [5, 5.41) is 9.63. The number of ether oxygens (including phenoxy) is 3. The van der Waals surface area contributed by atoms with Crippen molar-refractivity contribution in [3.8, 4) is 5.75 Å². The zero-order valence-electron chi connectivity index (χ0n) is 30.0. The van der Waals surface area contributed by atoms with Crippen molar-refractivity contribution in [1.82, 2.24) is 0 Å². The molecule has 4 saturated heterocycles. The number of fused-ring (bicyclic) bond motifs is 4. The molecule has 4 heterocycles. The molecule has 3 aromatic carbocycles. The molecule has 9 rings (SSSR count). The number of anilines is 4. The maximum absolute atomic E-state index is 14.7. The molecule has 12 nitrogen and oxygen atoms in total. The molecule has 280 valence electrons. The van der Waals surface area contributed by atoms with Crippen molar-refractivity contribution in [3.05, 3.63) is 90.0 Å². The lowest BCUT2D eigenvalue weighted by Crippen LogP contribution is -2.43. The Labute approximate surface area is 313 Å². The van der Waals surface area contributed by atoms with Crippen LogP contribution in [-0.2, 0) is 28.7 Å². The third-order valence-electron chi connectivity index (χ3n) is 12.2. The lowest BCUT2D eigenvalue weighted by molar-refractivity contribution is -0.126. The van der Waals surface area contributed by atoms with Crippen LogP contribution in [0.2, 0.25) is 0 Å². The minimum Gasteiger partial charge on any atom is -0.491 e. The predicted molar refractivity (Wildman–Crippen MR) is 200 cm³/mol. The predicted octanol–water partition coefficient (Wildman–Crippen LogP) is 3.78. The van der Waals surface area contributed by atoms with E-state index in [1.165, 1.54) is 9.80 Å². The topological polar surface area (TPSA) is 129 Å². The number of para-hydroxylation sites is 1. The number of aliphatic hydroxyl groups excluding tert-OH is 1. The Balaban J connectivity index is 1.06. The lowest BCUT2D eigenvalue weighted by Gasteiger charge is -2.44. The first kappa shape index (κ1) is 34.7. The number of amides is 4. The number of imide groups is 2. The molecule has 54 heavy (non-hydrogen) atoms. The number of rotatable bonds is 8. The van der Waals surface area contributed by atoms with Crippen LogP contribution in [0.4, 0.5) is 22.7 Å². The Bertz CT molecular complexity index is 1970. The van der Waals surface area contributed by atoms with Crippen LogP contribution < -0.4 is 24.3 Å². The van der Waals surface area contributed by atoms with Gasteiger partial charge in [0.15, 0.2) is 0 Å². The summed E-state index contributed by atoms with van der Waals surface area (Å²) in [6.07, 6.45) is 2.68. The summed E-state index contributed by atoms with van der Waals surface area (Å²) in [4.78, 5) is 65.0. The molecule has 1 saturated carbocycles. The SMILES string of the molecule is O=C1C2CC=C3C(CC4C(=O)N(c5ccc(N6CCOCC6)cc5)C(=O)C4C3c3ccccc3OCCO)C2C(=O)N1c1ccc(N2CCOCC2)cc1. The van der Waals surface area contributed by atoms with Crippen molar-refractivity contribution in [2.24, 2.45) is 29.6 Å². The van der Waals surface area contributed by atoms with E-state index < -0.39 is 35.5 Å². The van der Waals surface area contributed by atoms with E-state index in [4.69, 9.17) is 14.2 Å². The first-order valence-electron chi connectivity index (χ1n) is 19.1. The first-order valence-corrected chi connectivity index (χ1v) is 19.1. The van der Waals surface area contributed by atoms with E-state index in [2.05, 4.69) is 9.80 Å². The monoisotopic (exact) mass is 732 g/mol. The third-order valence-corrected chi connectivity index (χ3v) is 12.2. The van der Waals surface area contributed by atoms with Gasteiger partial charge >= 0.3 is 0 Å². The maximum Gasteiger partial charge on any atom is 0.238 e. The average molecular weight is 733 g/mol. The van der Waals surface area contributed by atoms with Gasteiger partial charge in [-0.3, -0.25) is 29.0 Å². The molecule has 0 bridgehead atoms. The number of morpholine rings is 2. The number of carbonyl (C=O) groups is 4. The lowest BCUT2D eigenvalue weighted by atomic mass is 9.57. The Morgan fingerprint density at radius 1 is 0.611 bits per heavy atom. The molecule has 2 aliphatic carbocycles.